The molecule has 1 N–H and O–H groups in total. The van der Waals surface area contributed by atoms with Gasteiger partial charge in [0.15, 0.2) is 0 Å². The predicted molar refractivity (Wildman–Crippen MR) is 83.1 cm³/mol. The van der Waals surface area contributed by atoms with Gasteiger partial charge >= 0.3 is 0 Å². The SMILES string of the molecule is CCC(C)C1NC(=O)C(C)N(CCc2nc(C)cs2)C1=O. The Balaban J connectivity index is 2.07. The van der Waals surface area contributed by atoms with Gasteiger partial charge in [-0.15, -0.1) is 11.3 Å². The van der Waals surface area contributed by atoms with E-state index in [-0.39, 0.29) is 17.7 Å². The minimum atomic E-state index is -0.404. The molecule has 1 aliphatic heterocycles. The van der Waals surface area contributed by atoms with E-state index in [1.807, 2.05) is 26.2 Å². The number of hydrogen-bond acceptors (Lipinski definition) is 4. The van der Waals surface area contributed by atoms with E-state index in [1.54, 1.807) is 23.2 Å². The third kappa shape index (κ3) is 3.43. The maximum atomic E-state index is 12.6. The quantitative estimate of drug-likeness (QED) is 0.901. The molecule has 0 radical (unpaired) electrons. The smallest absolute Gasteiger partial charge is 0.246 e. The molecule has 21 heavy (non-hydrogen) atoms. The van der Waals surface area contributed by atoms with Gasteiger partial charge in [-0.3, -0.25) is 9.59 Å². The topological polar surface area (TPSA) is 62.3 Å². The van der Waals surface area contributed by atoms with Gasteiger partial charge in [0.1, 0.15) is 12.1 Å². The highest BCUT2D eigenvalue weighted by Crippen LogP contribution is 2.19. The lowest BCUT2D eigenvalue weighted by atomic mass is 9.94. The standard InChI is InChI=1S/C15H23N3O2S/c1-5-9(2)13-15(20)18(11(4)14(19)17-13)7-6-12-16-10(3)8-21-12/h8-9,11,13H,5-7H2,1-4H3,(H,17,19). The Morgan fingerprint density at radius 3 is 2.76 bits per heavy atom. The summed E-state index contributed by atoms with van der Waals surface area (Å²) >= 11 is 1.60. The van der Waals surface area contributed by atoms with Crippen LogP contribution in [0.5, 0.6) is 0 Å². The van der Waals surface area contributed by atoms with Crippen LogP contribution in [0.25, 0.3) is 0 Å². The molecule has 2 rings (SSSR count). The van der Waals surface area contributed by atoms with Crippen LogP contribution in [0.1, 0.15) is 37.9 Å². The molecule has 1 aliphatic rings. The Kier molecular flexibility index (Phi) is 4.98. The van der Waals surface area contributed by atoms with Crippen molar-refractivity contribution in [2.45, 2.75) is 52.6 Å². The molecule has 2 amide bonds. The molecule has 0 aromatic carbocycles. The van der Waals surface area contributed by atoms with Crippen molar-refractivity contribution >= 4 is 23.2 Å². The molecule has 1 aromatic heterocycles. The number of nitrogens with one attached hydrogen (secondary N) is 1. The van der Waals surface area contributed by atoms with Gasteiger partial charge in [-0.1, -0.05) is 20.3 Å². The van der Waals surface area contributed by atoms with Gasteiger partial charge in [0.25, 0.3) is 0 Å². The Bertz CT molecular complexity index is 529. The van der Waals surface area contributed by atoms with Crippen LogP contribution in [0.15, 0.2) is 5.38 Å². The van der Waals surface area contributed by atoms with E-state index in [0.717, 1.165) is 17.1 Å². The van der Waals surface area contributed by atoms with Crippen LogP contribution in [-0.4, -0.2) is 40.3 Å². The molecule has 1 fully saturated rings. The van der Waals surface area contributed by atoms with E-state index in [2.05, 4.69) is 10.3 Å². The van der Waals surface area contributed by atoms with Gasteiger partial charge in [0, 0.05) is 24.0 Å². The highest BCUT2D eigenvalue weighted by atomic mass is 32.1. The lowest BCUT2D eigenvalue weighted by molar-refractivity contribution is -0.150. The lowest BCUT2D eigenvalue weighted by Crippen LogP contribution is -2.64. The summed E-state index contributed by atoms with van der Waals surface area (Å²) in [7, 11) is 0. The molecule has 3 unspecified atom stereocenters. The summed E-state index contributed by atoms with van der Waals surface area (Å²) in [5, 5.41) is 5.87. The van der Waals surface area contributed by atoms with E-state index in [4.69, 9.17) is 0 Å². The molecule has 2 heterocycles. The predicted octanol–water partition coefficient (Wildman–Crippen LogP) is 1.76. The summed E-state index contributed by atoms with van der Waals surface area (Å²) in [6.07, 6.45) is 1.57. The normalized spacial score (nSPS) is 24.1. The van der Waals surface area contributed by atoms with E-state index in [9.17, 15) is 9.59 Å². The molecule has 0 spiro atoms. The van der Waals surface area contributed by atoms with Crippen LogP contribution < -0.4 is 5.32 Å². The number of piperazine rings is 1. The molecule has 0 bridgehead atoms. The number of nitrogens with zero attached hydrogens (tertiary/aromatic N) is 2. The van der Waals surface area contributed by atoms with Crippen LogP contribution in [0.3, 0.4) is 0 Å². The lowest BCUT2D eigenvalue weighted by Gasteiger charge is -2.39. The van der Waals surface area contributed by atoms with Gasteiger partial charge in [0.05, 0.1) is 5.01 Å². The van der Waals surface area contributed by atoms with Crippen molar-refractivity contribution < 1.29 is 9.59 Å². The number of carbonyl (C=O) groups excluding carboxylic acids is 2. The van der Waals surface area contributed by atoms with E-state index < -0.39 is 12.1 Å². The summed E-state index contributed by atoms with van der Waals surface area (Å²) in [6, 6.07) is -0.796. The van der Waals surface area contributed by atoms with Crippen molar-refractivity contribution in [2.24, 2.45) is 5.92 Å². The number of rotatable bonds is 5. The number of thiazole rings is 1. The Morgan fingerprint density at radius 1 is 1.48 bits per heavy atom. The number of hydrogen-bond donors (Lipinski definition) is 1. The molecule has 1 saturated heterocycles. The van der Waals surface area contributed by atoms with E-state index in [1.165, 1.54) is 0 Å². The number of aryl methyl sites for hydroxylation is 1. The molecular weight excluding hydrogens is 286 g/mol. The Morgan fingerprint density at radius 2 is 2.19 bits per heavy atom. The molecule has 116 valence electrons. The Hall–Kier alpha value is -1.43. The van der Waals surface area contributed by atoms with Crippen molar-refractivity contribution in [1.82, 2.24) is 15.2 Å². The third-order valence-corrected chi connectivity index (χ3v) is 5.17. The van der Waals surface area contributed by atoms with E-state index in [0.29, 0.717) is 13.0 Å². The molecule has 1 aromatic rings. The monoisotopic (exact) mass is 309 g/mol. The fourth-order valence-corrected chi connectivity index (χ4v) is 3.27. The maximum absolute atomic E-state index is 12.6. The number of carbonyl (C=O) groups is 2. The second kappa shape index (κ2) is 6.56. The van der Waals surface area contributed by atoms with Crippen molar-refractivity contribution in [3.8, 4) is 0 Å². The zero-order chi connectivity index (χ0) is 15.6. The fraction of sp³-hybridized carbons (Fsp3) is 0.667. The largest absolute Gasteiger partial charge is 0.342 e. The van der Waals surface area contributed by atoms with Gasteiger partial charge in [-0.05, 0) is 19.8 Å². The first-order chi connectivity index (χ1) is 9.93. The summed E-state index contributed by atoms with van der Waals surface area (Å²) in [6.45, 7) is 8.33. The zero-order valence-corrected chi connectivity index (χ0v) is 13.9. The van der Waals surface area contributed by atoms with Gasteiger partial charge in [0.2, 0.25) is 11.8 Å². The Labute approximate surface area is 129 Å². The van der Waals surface area contributed by atoms with Crippen LogP contribution in [0, 0.1) is 12.8 Å². The van der Waals surface area contributed by atoms with Crippen LogP contribution >= 0.6 is 11.3 Å². The summed E-state index contributed by atoms with van der Waals surface area (Å²) < 4.78 is 0. The third-order valence-electron chi connectivity index (χ3n) is 4.14. The first-order valence-electron chi connectivity index (χ1n) is 7.45. The van der Waals surface area contributed by atoms with Crippen molar-refractivity contribution in [3.63, 3.8) is 0 Å². The van der Waals surface area contributed by atoms with Gasteiger partial charge in [-0.25, -0.2) is 4.98 Å². The zero-order valence-electron chi connectivity index (χ0n) is 13.0. The molecule has 5 nitrogen and oxygen atoms in total. The summed E-state index contributed by atoms with van der Waals surface area (Å²) in [5.74, 6) is 0.124. The fourth-order valence-electron chi connectivity index (χ4n) is 2.51. The molecule has 3 atom stereocenters. The van der Waals surface area contributed by atoms with Crippen molar-refractivity contribution in [3.05, 3.63) is 16.1 Å². The second-order valence-corrected chi connectivity index (χ2v) is 6.65. The highest BCUT2D eigenvalue weighted by Gasteiger charge is 2.39. The molecular formula is C15H23N3O2S. The minimum Gasteiger partial charge on any atom is -0.342 e. The maximum Gasteiger partial charge on any atom is 0.246 e. The first-order valence-corrected chi connectivity index (χ1v) is 8.33. The highest BCUT2D eigenvalue weighted by molar-refractivity contribution is 7.09. The van der Waals surface area contributed by atoms with Crippen LogP contribution in [-0.2, 0) is 16.0 Å². The number of aromatic nitrogens is 1. The average Bonchev–Trinajstić information content (AvgIpc) is 2.87. The second-order valence-electron chi connectivity index (χ2n) is 5.71. The molecule has 6 heteroatoms. The van der Waals surface area contributed by atoms with E-state index >= 15 is 0 Å². The minimum absolute atomic E-state index is 0.0322. The van der Waals surface area contributed by atoms with Crippen LogP contribution in [0.4, 0.5) is 0 Å². The van der Waals surface area contributed by atoms with Gasteiger partial charge in [-0.2, -0.15) is 0 Å². The first kappa shape index (κ1) is 15.9. The summed E-state index contributed by atoms with van der Waals surface area (Å²) in [5.41, 5.74) is 1.00. The summed E-state index contributed by atoms with van der Waals surface area (Å²) in [4.78, 5) is 30.8. The van der Waals surface area contributed by atoms with Crippen molar-refractivity contribution in [2.75, 3.05) is 6.54 Å². The average molecular weight is 309 g/mol. The molecule has 0 saturated carbocycles. The molecule has 0 aliphatic carbocycles. The van der Waals surface area contributed by atoms with Crippen LogP contribution in [0.2, 0.25) is 0 Å². The van der Waals surface area contributed by atoms with Gasteiger partial charge < -0.3 is 10.2 Å². The van der Waals surface area contributed by atoms with Crippen molar-refractivity contribution in [1.29, 1.82) is 0 Å². The number of amides is 2.